The Labute approximate surface area is 133 Å². The summed E-state index contributed by atoms with van der Waals surface area (Å²) in [5.41, 5.74) is 1.58. The van der Waals surface area contributed by atoms with Gasteiger partial charge in [0.1, 0.15) is 11.4 Å². The van der Waals surface area contributed by atoms with Crippen LogP contribution in [0.2, 0.25) is 0 Å². The van der Waals surface area contributed by atoms with Gasteiger partial charge in [-0.15, -0.1) is 0 Å². The fraction of sp³-hybridized carbons (Fsp3) is 0.188. The number of esters is 2. The van der Waals surface area contributed by atoms with Gasteiger partial charge in [-0.2, -0.15) is 0 Å². The van der Waals surface area contributed by atoms with Crippen LogP contribution in [0.5, 0.6) is 0 Å². The van der Waals surface area contributed by atoms with E-state index in [0.717, 1.165) is 0 Å². The number of methoxy groups -OCH3 is 2. The molecule has 0 spiro atoms. The van der Waals surface area contributed by atoms with Crippen molar-refractivity contribution in [2.45, 2.75) is 6.54 Å². The third-order valence-electron chi connectivity index (χ3n) is 2.84. The van der Waals surface area contributed by atoms with Gasteiger partial charge in [0.05, 0.1) is 32.2 Å². The first-order chi connectivity index (χ1) is 11.1. The molecule has 0 radical (unpaired) electrons. The Balaban J connectivity index is 2.07. The molecule has 0 unspecified atom stereocenters. The molecular weight excluding hydrogens is 298 g/mol. The number of carbonyl (C=O) groups is 2. The molecule has 2 rings (SSSR count). The van der Waals surface area contributed by atoms with Crippen LogP contribution >= 0.6 is 0 Å². The zero-order chi connectivity index (χ0) is 16.7. The average molecular weight is 313 g/mol. The van der Waals surface area contributed by atoms with Gasteiger partial charge in [0.2, 0.25) is 0 Å². The van der Waals surface area contributed by atoms with Crippen molar-refractivity contribution in [3.8, 4) is 0 Å². The Kier molecular flexibility index (Phi) is 5.51. The van der Waals surface area contributed by atoms with E-state index in [4.69, 9.17) is 0 Å². The summed E-state index contributed by atoms with van der Waals surface area (Å²) in [6.45, 7) is 0.273. The number of nitrogens with zero attached hydrogens (tertiary/aromatic N) is 3. The molecule has 0 N–H and O–H groups in total. The standard InChI is InChI=1S/C16H15N3O4/c1-22-15(20)13-7-3-5-11(18-13)9-17-10-12-6-4-8-14(19-12)16(21)23-2/h3-9H,10H2,1-2H3/b17-9+. The largest absolute Gasteiger partial charge is 0.464 e. The minimum absolute atomic E-state index is 0.210. The monoisotopic (exact) mass is 313 g/mol. The van der Waals surface area contributed by atoms with E-state index in [0.29, 0.717) is 11.4 Å². The number of hydrogen-bond acceptors (Lipinski definition) is 7. The van der Waals surface area contributed by atoms with E-state index >= 15 is 0 Å². The molecule has 0 atom stereocenters. The summed E-state index contributed by atoms with van der Waals surface area (Å²) in [6, 6.07) is 10.00. The second-order valence-corrected chi connectivity index (χ2v) is 4.41. The van der Waals surface area contributed by atoms with Crippen LogP contribution in [0.1, 0.15) is 32.4 Å². The maximum Gasteiger partial charge on any atom is 0.356 e. The molecule has 0 aromatic carbocycles. The molecule has 23 heavy (non-hydrogen) atoms. The molecular formula is C16H15N3O4. The first-order valence-electron chi connectivity index (χ1n) is 6.73. The van der Waals surface area contributed by atoms with Crippen LogP contribution in [-0.4, -0.2) is 42.3 Å². The summed E-state index contributed by atoms with van der Waals surface area (Å²) in [7, 11) is 2.60. The van der Waals surface area contributed by atoms with Crippen LogP contribution in [0, 0.1) is 0 Å². The van der Waals surface area contributed by atoms with E-state index < -0.39 is 11.9 Å². The molecule has 0 bridgehead atoms. The lowest BCUT2D eigenvalue weighted by atomic mass is 10.3. The van der Waals surface area contributed by atoms with E-state index in [2.05, 4.69) is 24.4 Å². The van der Waals surface area contributed by atoms with Gasteiger partial charge in [-0.05, 0) is 24.3 Å². The van der Waals surface area contributed by atoms with Crippen molar-refractivity contribution in [3.05, 3.63) is 59.2 Å². The van der Waals surface area contributed by atoms with Gasteiger partial charge in [0.15, 0.2) is 0 Å². The van der Waals surface area contributed by atoms with Crippen LogP contribution in [-0.2, 0) is 16.0 Å². The predicted molar refractivity (Wildman–Crippen MR) is 82.5 cm³/mol. The molecule has 2 aromatic heterocycles. The molecule has 7 nitrogen and oxygen atoms in total. The SMILES string of the molecule is COC(=O)c1cccc(/C=N/Cc2cccc(C(=O)OC)n2)n1. The molecule has 0 amide bonds. The number of hydrogen-bond donors (Lipinski definition) is 0. The van der Waals surface area contributed by atoms with Gasteiger partial charge >= 0.3 is 11.9 Å². The summed E-state index contributed by atoms with van der Waals surface area (Å²) in [4.78, 5) is 35.3. The molecule has 2 aromatic rings. The molecule has 0 saturated carbocycles. The minimum atomic E-state index is -0.507. The summed E-state index contributed by atoms with van der Waals surface area (Å²) >= 11 is 0. The van der Waals surface area contributed by atoms with Crippen LogP contribution in [0.15, 0.2) is 41.4 Å². The fourth-order valence-corrected chi connectivity index (χ4v) is 1.76. The van der Waals surface area contributed by atoms with Crippen molar-refractivity contribution >= 4 is 18.2 Å². The summed E-state index contributed by atoms with van der Waals surface area (Å²) < 4.78 is 9.23. The van der Waals surface area contributed by atoms with Crippen molar-refractivity contribution in [2.75, 3.05) is 14.2 Å². The van der Waals surface area contributed by atoms with Crippen molar-refractivity contribution in [1.82, 2.24) is 9.97 Å². The van der Waals surface area contributed by atoms with Crippen LogP contribution in [0.25, 0.3) is 0 Å². The van der Waals surface area contributed by atoms with Gasteiger partial charge in [0, 0.05) is 6.21 Å². The molecule has 0 aliphatic carbocycles. The van der Waals surface area contributed by atoms with Crippen LogP contribution in [0.4, 0.5) is 0 Å². The number of aliphatic imine (C=N–C) groups is 1. The Morgan fingerprint density at radius 3 is 2.26 bits per heavy atom. The molecule has 2 heterocycles. The Hall–Kier alpha value is -3.09. The Bertz CT molecular complexity index is 744. The summed E-state index contributed by atoms with van der Waals surface area (Å²) in [5, 5.41) is 0. The topological polar surface area (TPSA) is 90.7 Å². The minimum Gasteiger partial charge on any atom is -0.464 e. The first kappa shape index (κ1) is 16.3. The van der Waals surface area contributed by atoms with Gasteiger partial charge < -0.3 is 9.47 Å². The smallest absolute Gasteiger partial charge is 0.356 e. The third-order valence-corrected chi connectivity index (χ3v) is 2.84. The highest BCUT2D eigenvalue weighted by molar-refractivity contribution is 5.88. The average Bonchev–Trinajstić information content (AvgIpc) is 2.61. The first-order valence-corrected chi connectivity index (χ1v) is 6.73. The van der Waals surface area contributed by atoms with Crippen LogP contribution in [0.3, 0.4) is 0 Å². The molecule has 0 fully saturated rings. The lowest BCUT2D eigenvalue weighted by Crippen LogP contribution is -2.06. The number of ether oxygens (including phenoxy) is 2. The molecule has 118 valence electrons. The second kappa shape index (κ2) is 7.79. The number of pyridine rings is 2. The molecule has 7 heteroatoms. The molecule has 0 aliphatic heterocycles. The van der Waals surface area contributed by atoms with E-state index in [1.54, 1.807) is 36.4 Å². The van der Waals surface area contributed by atoms with E-state index in [1.165, 1.54) is 20.4 Å². The van der Waals surface area contributed by atoms with Gasteiger partial charge in [-0.3, -0.25) is 4.99 Å². The van der Waals surface area contributed by atoms with E-state index in [-0.39, 0.29) is 17.9 Å². The Morgan fingerprint density at radius 2 is 1.61 bits per heavy atom. The lowest BCUT2D eigenvalue weighted by Gasteiger charge is -2.01. The summed E-state index contributed by atoms with van der Waals surface area (Å²) in [6.07, 6.45) is 1.53. The fourth-order valence-electron chi connectivity index (χ4n) is 1.76. The van der Waals surface area contributed by atoms with Crippen molar-refractivity contribution < 1.29 is 19.1 Å². The van der Waals surface area contributed by atoms with Gasteiger partial charge in [-0.25, -0.2) is 19.6 Å². The van der Waals surface area contributed by atoms with Gasteiger partial charge in [0.25, 0.3) is 0 Å². The highest BCUT2D eigenvalue weighted by atomic mass is 16.5. The zero-order valence-corrected chi connectivity index (χ0v) is 12.7. The van der Waals surface area contributed by atoms with Gasteiger partial charge in [-0.1, -0.05) is 12.1 Å². The number of aromatic nitrogens is 2. The summed E-state index contributed by atoms with van der Waals surface area (Å²) in [5.74, 6) is -1.00. The lowest BCUT2D eigenvalue weighted by molar-refractivity contribution is 0.0585. The molecule has 0 saturated heterocycles. The molecule has 0 aliphatic rings. The van der Waals surface area contributed by atoms with E-state index in [1.807, 2.05) is 0 Å². The third kappa shape index (κ3) is 4.44. The number of rotatable bonds is 5. The highest BCUT2D eigenvalue weighted by Gasteiger charge is 2.08. The Morgan fingerprint density at radius 1 is 1.00 bits per heavy atom. The predicted octanol–water partition coefficient (Wildman–Crippen LogP) is 1.67. The maximum absolute atomic E-state index is 11.4. The van der Waals surface area contributed by atoms with Crippen molar-refractivity contribution in [1.29, 1.82) is 0 Å². The second-order valence-electron chi connectivity index (χ2n) is 4.41. The zero-order valence-electron chi connectivity index (χ0n) is 12.7. The van der Waals surface area contributed by atoms with E-state index in [9.17, 15) is 9.59 Å². The van der Waals surface area contributed by atoms with Crippen molar-refractivity contribution in [2.24, 2.45) is 4.99 Å². The quantitative estimate of drug-likeness (QED) is 0.616. The highest BCUT2D eigenvalue weighted by Crippen LogP contribution is 2.03. The maximum atomic E-state index is 11.4. The van der Waals surface area contributed by atoms with Crippen LogP contribution < -0.4 is 0 Å². The van der Waals surface area contributed by atoms with Crippen molar-refractivity contribution in [3.63, 3.8) is 0 Å². The normalized spacial score (nSPS) is 10.5. The number of carbonyl (C=O) groups excluding carboxylic acids is 2.